The number of hydrogen-bond acceptors (Lipinski definition) is 1. The Hall–Kier alpha value is -0.300. The third kappa shape index (κ3) is 10.1. The largest absolute Gasteiger partial charge is 0.149 e. The van der Waals surface area contributed by atoms with Gasteiger partial charge in [0.25, 0.3) is 0 Å². The Bertz CT molecular complexity index is 296. The molecule has 0 bridgehead atoms. The van der Waals surface area contributed by atoms with Gasteiger partial charge >= 0.3 is 0 Å². The van der Waals surface area contributed by atoms with Gasteiger partial charge in [-0.05, 0) is 42.7 Å². The molecule has 1 aromatic rings. The van der Waals surface area contributed by atoms with Crippen molar-refractivity contribution in [3.05, 3.63) is 21.9 Å². The third-order valence-corrected chi connectivity index (χ3v) is 5.35. The molecule has 0 atom stereocenters. The number of thiophene rings is 1. The van der Waals surface area contributed by atoms with Gasteiger partial charge < -0.3 is 0 Å². The summed E-state index contributed by atoms with van der Waals surface area (Å²) in [5, 5.41) is 2.40. The standard InChI is InChI=1S/C20H36S/c1-3-5-7-9-11-13-15-19-17-20(21-18-19)16-14-12-10-8-6-4-2/h17-18H,3-16H2,1-2H3. The summed E-state index contributed by atoms with van der Waals surface area (Å²) in [5.74, 6) is 0. The normalized spacial score (nSPS) is 11.1. The first-order valence-corrected chi connectivity index (χ1v) is 10.3. The lowest BCUT2D eigenvalue weighted by atomic mass is 10.1. The lowest BCUT2D eigenvalue weighted by Crippen LogP contribution is -1.85. The van der Waals surface area contributed by atoms with Gasteiger partial charge in [0.2, 0.25) is 0 Å². The predicted molar refractivity (Wildman–Crippen MR) is 98.5 cm³/mol. The van der Waals surface area contributed by atoms with Crippen LogP contribution in [0, 0.1) is 0 Å². The van der Waals surface area contributed by atoms with Gasteiger partial charge in [0, 0.05) is 4.88 Å². The summed E-state index contributed by atoms with van der Waals surface area (Å²) in [6.45, 7) is 4.58. The quantitative estimate of drug-likeness (QED) is 0.311. The van der Waals surface area contributed by atoms with Crippen LogP contribution in [0.1, 0.15) is 101 Å². The molecule has 0 fully saturated rings. The van der Waals surface area contributed by atoms with Crippen molar-refractivity contribution in [3.63, 3.8) is 0 Å². The van der Waals surface area contributed by atoms with E-state index in [1.165, 1.54) is 89.9 Å². The Labute approximate surface area is 137 Å². The van der Waals surface area contributed by atoms with Gasteiger partial charge in [0.1, 0.15) is 0 Å². The Kier molecular flexibility index (Phi) is 11.9. The van der Waals surface area contributed by atoms with Gasteiger partial charge in [-0.25, -0.2) is 0 Å². The summed E-state index contributed by atoms with van der Waals surface area (Å²) in [4.78, 5) is 1.62. The maximum Gasteiger partial charge on any atom is 0.00480 e. The van der Waals surface area contributed by atoms with Crippen molar-refractivity contribution in [1.29, 1.82) is 0 Å². The van der Waals surface area contributed by atoms with Crippen LogP contribution in [0.4, 0.5) is 0 Å². The average molecular weight is 309 g/mol. The second kappa shape index (κ2) is 13.4. The molecule has 0 saturated heterocycles. The van der Waals surface area contributed by atoms with E-state index in [9.17, 15) is 0 Å². The fraction of sp³-hybridized carbons (Fsp3) is 0.800. The molecule has 1 aromatic heterocycles. The Morgan fingerprint density at radius 1 is 0.667 bits per heavy atom. The molecule has 0 radical (unpaired) electrons. The summed E-state index contributed by atoms with van der Waals surface area (Å²) in [6, 6.07) is 2.47. The van der Waals surface area contributed by atoms with Crippen LogP contribution in [0.3, 0.4) is 0 Å². The monoisotopic (exact) mass is 308 g/mol. The number of rotatable bonds is 14. The number of unbranched alkanes of at least 4 members (excludes halogenated alkanes) is 10. The smallest absolute Gasteiger partial charge is 0.00480 e. The van der Waals surface area contributed by atoms with Gasteiger partial charge in [-0.3, -0.25) is 0 Å². The molecule has 1 rings (SSSR count). The zero-order valence-electron chi connectivity index (χ0n) is 14.5. The van der Waals surface area contributed by atoms with E-state index >= 15 is 0 Å². The first-order valence-electron chi connectivity index (χ1n) is 9.43. The SMILES string of the molecule is CCCCCCCCc1csc(CCCCCCCC)c1. The molecule has 0 unspecified atom stereocenters. The van der Waals surface area contributed by atoms with Gasteiger partial charge in [0.15, 0.2) is 0 Å². The molecular weight excluding hydrogens is 272 g/mol. The number of hydrogen-bond donors (Lipinski definition) is 0. The van der Waals surface area contributed by atoms with Crippen molar-refractivity contribution < 1.29 is 0 Å². The summed E-state index contributed by atoms with van der Waals surface area (Å²) in [7, 11) is 0. The van der Waals surface area contributed by atoms with Gasteiger partial charge in [-0.15, -0.1) is 11.3 Å². The van der Waals surface area contributed by atoms with Crippen molar-refractivity contribution in [2.45, 2.75) is 104 Å². The minimum atomic E-state index is 1.30. The molecule has 1 heterocycles. The highest BCUT2D eigenvalue weighted by Gasteiger charge is 2.00. The molecule has 0 saturated carbocycles. The van der Waals surface area contributed by atoms with E-state index in [1.807, 2.05) is 11.3 Å². The van der Waals surface area contributed by atoms with E-state index in [-0.39, 0.29) is 0 Å². The van der Waals surface area contributed by atoms with Crippen LogP contribution in [0.2, 0.25) is 0 Å². The summed E-state index contributed by atoms with van der Waals surface area (Å²) >= 11 is 1.99. The van der Waals surface area contributed by atoms with E-state index in [1.54, 1.807) is 10.4 Å². The summed E-state index contributed by atoms with van der Waals surface area (Å²) in [6.07, 6.45) is 19.5. The van der Waals surface area contributed by atoms with E-state index in [0.29, 0.717) is 0 Å². The topological polar surface area (TPSA) is 0 Å². The number of aryl methyl sites for hydroxylation is 2. The summed E-state index contributed by atoms with van der Waals surface area (Å²) in [5.41, 5.74) is 1.59. The minimum absolute atomic E-state index is 1.30. The minimum Gasteiger partial charge on any atom is -0.149 e. The maximum atomic E-state index is 2.47. The first kappa shape index (κ1) is 18.7. The zero-order valence-corrected chi connectivity index (χ0v) is 15.3. The Balaban J connectivity index is 2.01. The fourth-order valence-electron chi connectivity index (χ4n) is 2.88. The summed E-state index contributed by atoms with van der Waals surface area (Å²) < 4.78 is 0. The molecule has 0 aliphatic heterocycles. The Morgan fingerprint density at radius 3 is 1.81 bits per heavy atom. The van der Waals surface area contributed by atoms with E-state index < -0.39 is 0 Å². The maximum absolute atomic E-state index is 2.47. The van der Waals surface area contributed by atoms with E-state index in [0.717, 1.165) is 0 Å². The molecule has 0 spiro atoms. The van der Waals surface area contributed by atoms with Crippen LogP contribution in [0.5, 0.6) is 0 Å². The molecule has 122 valence electrons. The highest BCUT2D eigenvalue weighted by atomic mass is 32.1. The molecule has 0 aliphatic rings. The zero-order chi connectivity index (χ0) is 15.2. The second-order valence-corrected chi connectivity index (χ2v) is 7.45. The van der Waals surface area contributed by atoms with Crippen LogP contribution in [-0.4, -0.2) is 0 Å². The van der Waals surface area contributed by atoms with Crippen molar-refractivity contribution in [2.24, 2.45) is 0 Å². The molecule has 1 heteroatoms. The molecule has 0 aromatic carbocycles. The van der Waals surface area contributed by atoms with E-state index in [4.69, 9.17) is 0 Å². The van der Waals surface area contributed by atoms with Crippen molar-refractivity contribution in [3.8, 4) is 0 Å². The molecular formula is C20H36S. The van der Waals surface area contributed by atoms with Gasteiger partial charge in [0.05, 0.1) is 0 Å². The Morgan fingerprint density at radius 2 is 1.19 bits per heavy atom. The fourth-order valence-corrected chi connectivity index (χ4v) is 3.85. The molecule has 0 N–H and O–H groups in total. The third-order valence-electron chi connectivity index (χ3n) is 4.30. The molecule has 21 heavy (non-hydrogen) atoms. The van der Waals surface area contributed by atoms with Crippen molar-refractivity contribution in [2.75, 3.05) is 0 Å². The highest BCUT2D eigenvalue weighted by Crippen LogP contribution is 2.20. The first-order chi connectivity index (χ1) is 10.4. The van der Waals surface area contributed by atoms with Crippen LogP contribution >= 0.6 is 11.3 Å². The lowest BCUT2D eigenvalue weighted by molar-refractivity contribution is 0.606. The molecule has 0 amide bonds. The van der Waals surface area contributed by atoms with Gasteiger partial charge in [-0.2, -0.15) is 0 Å². The second-order valence-electron chi connectivity index (χ2n) is 6.46. The predicted octanol–water partition coefficient (Wildman–Crippen LogP) is 7.55. The van der Waals surface area contributed by atoms with Crippen LogP contribution in [0.25, 0.3) is 0 Å². The lowest BCUT2D eigenvalue weighted by Gasteiger charge is -2.00. The molecule has 0 aliphatic carbocycles. The average Bonchev–Trinajstić information content (AvgIpc) is 2.94. The van der Waals surface area contributed by atoms with Crippen molar-refractivity contribution in [1.82, 2.24) is 0 Å². The highest BCUT2D eigenvalue weighted by molar-refractivity contribution is 7.10. The van der Waals surface area contributed by atoms with Crippen molar-refractivity contribution >= 4 is 11.3 Å². The van der Waals surface area contributed by atoms with Crippen LogP contribution < -0.4 is 0 Å². The molecule has 0 nitrogen and oxygen atoms in total. The van der Waals surface area contributed by atoms with E-state index in [2.05, 4.69) is 25.3 Å². The van der Waals surface area contributed by atoms with Gasteiger partial charge in [-0.1, -0.05) is 78.1 Å². The van der Waals surface area contributed by atoms with Crippen LogP contribution in [-0.2, 0) is 12.8 Å². The van der Waals surface area contributed by atoms with Crippen LogP contribution in [0.15, 0.2) is 11.4 Å².